The van der Waals surface area contributed by atoms with Gasteiger partial charge in [-0.15, -0.1) is 0 Å². The molecule has 5 fully saturated rings. The van der Waals surface area contributed by atoms with E-state index in [0.717, 1.165) is 38.5 Å². The molecule has 13 nitrogen and oxygen atoms in total. The highest BCUT2D eigenvalue weighted by molar-refractivity contribution is 6.38. The van der Waals surface area contributed by atoms with Crippen molar-refractivity contribution in [3.8, 4) is 0 Å². The van der Waals surface area contributed by atoms with Crippen molar-refractivity contribution in [3.63, 3.8) is 0 Å². The second kappa shape index (κ2) is 14.8. The van der Waals surface area contributed by atoms with E-state index in [1.54, 1.807) is 4.90 Å². The lowest BCUT2D eigenvalue weighted by atomic mass is 9.80. The minimum absolute atomic E-state index is 0.0119. The van der Waals surface area contributed by atoms with Gasteiger partial charge in [-0.25, -0.2) is 4.79 Å². The van der Waals surface area contributed by atoms with E-state index in [9.17, 15) is 33.6 Å². The van der Waals surface area contributed by atoms with Crippen LogP contribution in [0.3, 0.4) is 0 Å². The molecule has 284 valence electrons. The van der Waals surface area contributed by atoms with Crippen LogP contribution in [0.2, 0.25) is 0 Å². The lowest BCUT2D eigenvalue weighted by Crippen LogP contribution is -2.61. The highest BCUT2D eigenvalue weighted by Gasteiger charge is 2.69. The van der Waals surface area contributed by atoms with E-state index < -0.39 is 58.6 Å². The van der Waals surface area contributed by atoms with E-state index >= 15 is 0 Å². The third-order valence-electron chi connectivity index (χ3n) is 11.9. The normalized spacial score (nSPS) is 30.5. The Morgan fingerprint density at radius 1 is 0.843 bits per heavy atom. The van der Waals surface area contributed by atoms with Gasteiger partial charge in [0.05, 0.1) is 12.1 Å². The molecule has 5 rings (SSSR count). The second-order valence-electron chi connectivity index (χ2n) is 18.3. The van der Waals surface area contributed by atoms with E-state index in [1.807, 2.05) is 34.6 Å². The van der Waals surface area contributed by atoms with Gasteiger partial charge in [0.1, 0.15) is 12.1 Å². The average molecular weight is 713 g/mol. The van der Waals surface area contributed by atoms with E-state index in [0.29, 0.717) is 32.2 Å². The number of carbonyl (C=O) groups is 7. The number of fused-ring (bicyclic) bond motifs is 3. The highest BCUT2D eigenvalue weighted by atomic mass is 16.2. The molecular formula is C38H60N6O7. The second-order valence-corrected chi connectivity index (χ2v) is 18.3. The molecule has 3 saturated heterocycles. The van der Waals surface area contributed by atoms with Gasteiger partial charge in [0.2, 0.25) is 29.4 Å². The topological polar surface area (TPSA) is 174 Å². The predicted molar refractivity (Wildman–Crippen MR) is 190 cm³/mol. The molecule has 3 aliphatic heterocycles. The molecule has 0 spiro atoms. The Morgan fingerprint density at radius 2 is 1.43 bits per heavy atom. The summed E-state index contributed by atoms with van der Waals surface area (Å²) in [5.74, 6) is -2.67. The van der Waals surface area contributed by atoms with Gasteiger partial charge >= 0.3 is 6.03 Å². The zero-order valence-electron chi connectivity index (χ0n) is 31.7. The number of urea groups is 1. The number of piperidine rings is 2. The molecular weight excluding hydrogens is 652 g/mol. The van der Waals surface area contributed by atoms with Gasteiger partial charge < -0.3 is 26.2 Å². The number of Topliss-reactive ketones (excluding diaryl/α,β-unsaturated/α-hetero) is 1. The Kier molecular flexibility index (Phi) is 11.3. The molecule has 3 heterocycles. The number of nitrogens with one attached hydrogen (secondary N) is 4. The summed E-state index contributed by atoms with van der Waals surface area (Å²) in [5, 5.41) is 11.5. The third kappa shape index (κ3) is 9.11. The maximum absolute atomic E-state index is 14.4. The van der Waals surface area contributed by atoms with Crippen LogP contribution < -0.4 is 21.3 Å². The van der Waals surface area contributed by atoms with E-state index in [4.69, 9.17) is 0 Å². The van der Waals surface area contributed by atoms with Crippen molar-refractivity contribution in [2.45, 2.75) is 156 Å². The van der Waals surface area contributed by atoms with Crippen molar-refractivity contribution in [2.24, 2.45) is 28.1 Å². The number of likely N-dealkylation sites (tertiary alicyclic amines) is 1. The molecule has 4 N–H and O–H groups in total. The van der Waals surface area contributed by atoms with E-state index in [-0.39, 0.29) is 60.4 Å². The van der Waals surface area contributed by atoms with Gasteiger partial charge in [-0.2, -0.15) is 0 Å². The van der Waals surface area contributed by atoms with Gasteiger partial charge in [-0.3, -0.25) is 33.7 Å². The number of hydrogen-bond acceptors (Lipinski definition) is 7. The van der Waals surface area contributed by atoms with Crippen LogP contribution in [0.4, 0.5) is 4.79 Å². The van der Waals surface area contributed by atoms with Gasteiger partial charge in [0.15, 0.2) is 0 Å². The summed E-state index contributed by atoms with van der Waals surface area (Å²) in [6, 6.07) is -3.88. The van der Waals surface area contributed by atoms with Crippen LogP contribution in [-0.4, -0.2) is 94.4 Å². The Bertz CT molecular complexity index is 1400. The maximum atomic E-state index is 14.4. The molecule has 5 aliphatic rings. The summed E-state index contributed by atoms with van der Waals surface area (Å²) >= 11 is 0. The fourth-order valence-electron chi connectivity index (χ4n) is 8.33. The first-order valence-corrected chi connectivity index (χ1v) is 19.2. The number of imide groups is 1. The minimum atomic E-state index is -0.974. The van der Waals surface area contributed by atoms with E-state index in [1.165, 1.54) is 4.90 Å². The van der Waals surface area contributed by atoms with Crippen LogP contribution in [0.15, 0.2) is 0 Å². The Balaban J connectivity index is 1.33. The number of carbonyl (C=O) groups excluding carboxylic acids is 7. The zero-order chi connectivity index (χ0) is 37.5. The molecule has 51 heavy (non-hydrogen) atoms. The summed E-state index contributed by atoms with van der Waals surface area (Å²) in [6.07, 6.45) is 7.78. The van der Waals surface area contributed by atoms with Crippen molar-refractivity contribution in [2.75, 3.05) is 13.1 Å². The first-order valence-electron chi connectivity index (χ1n) is 19.2. The van der Waals surface area contributed by atoms with E-state index in [2.05, 4.69) is 35.1 Å². The summed E-state index contributed by atoms with van der Waals surface area (Å²) in [6.45, 7) is 14.1. The summed E-state index contributed by atoms with van der Waals surface area (Å²) < 4.78 is 0. The van der Waals surface area contributed by atoms with Crippen molar-refractivity contribution in [3.05, 3.63) is 0 Å². The minimum Gasteiger partial charge on any atom is -0.347 e. The first-order chi connectivity index (χ1) is 23.8. The molecule has 2 saturated carbocycles. The lowest BCUT2D eigenvalue weighted by Gasteiger charge is -2.40. The number of rotatable bonds is 7. The fraction of sp³-hybridized carbons (Fsp3) is 0.816. The van der Waals surface area contributed by atoms with Gasteiger partial charge in [-0.1, -0.05) is 87.0 Å². The average Bonchev–Trinajstić information content (AvgIpc) is 3.87. The number of nitrogens with zero attached hydrogens (tertiary/aromatic N) is 2. The molecule has 2 aliphatic carbocycles. The number of ketones is 1. The molecule has 0 bridgehead atoms. The first kappa shape index (κ1) is 38.7. The summed E-state index contributed by atoms with van der Waals surface area (Å²) in [7, 11) is 0. The quantitative estimate of drug-likeness (QED) is 0.232. The van der Waals surface area contributed by atoms with Gasteiger partial charge in [0, 0.05) is 32.0 Å². The zero-order valence-corrected chi connectivity index (χ0v) is 31.7. The standard InChI is InChI=1S/C38H60N6O7/c1-36(2,3)26(21-43-27(45)18-37(4,5)19-28(43)46)42-35(51)41-25-15-13-11-9-8-10-12-14-24(31(47)33(49)39-22-16-17-22)40-32(48)30-29-23(38(29,6)7)20-44(30)34(25)50/h22-26,29-30H,8-21H2,1-7H3,(H,39,49)(H,40,48)(H2,41,42,51)/t23-,24+,25-,26+,29-,30-/m0/s1. The van der Waals surface area contributed by atoms with Crippen LogP contribution in [0.5, 0.6) is 0 Å². The Morgan fingerprint density at radius 3 is 2.02 bits per heavy atom. The smallest absolute Gasteiger partial charge is 0.315 e. The predicted octanol–water partition coefficient (Wildman–Crippen LogP) is 3.19. The van der Waals surface area contributed by atoms with Crippen LogP contribution in [0.25, 0.3) is 0 Å². The van der Waals surface area contributed by atoms with Crippen LogP contribution >= 0.6 is 0 Å². The van der Waals surface area contributed by atoms with Crippen LogP contribution in [0.1, 0.15) is 126 Å². The third-order valence-corrected chi connectivity index (χ3v) is 11.9. The van der Waals surface area contributed by atoms with Gasteiger partial charge in [-0.05, 0) is 53.8 Å². The van der Waals surface area contributed by atoms with Crippen LogP contribution in [0, 0.1) is 28.1 Å². The molecule has 0 aromatic rings. The number of amides is 7. The molecule has 7 amide bonds. The molecule has 0 unspecified atom stereocenters. The highest BCUT2D eigenvalue weighted by Crippen LogP contribution is 2.65. The maximum Gasteiger partial charge on any atom is 0.315 e. The van der Waals surface area contributed by atoms with Crippen molar-refractivity contribution in [1.82, 2.24) is 31.1 Å². The largest absolute Gasteiger partial charge is 0.347 e. The molecule has 0 aromatic heterocycles. The number of hydrogen-bond donors (Lipinski definition) is 4. The molecule has 0 radical (unpaired) electrons. The summed E-state index contributed by atoms with van der Waals surface area (Å²) in [4.78, 5) is 97.0. The van der Waals surface area contributed by atoms with Crippen molar-refractivity contribution >= 4 is 41.4 Å². The summed E-state index contributed by atoms with van der Waals surface area (Å²) in [5.41, 5.74) is -1.12. The fourth-order valence-corrected chi connectivity index (χ4v) is 8.33. The van der Waals surface area contributed by atoms with Crippen molar-refractivity contribution < 1.29 is 33.6 Å². The molecule has 13 heteroatoms. The van der Waals surface area contributed by atoms with Crippen LogP contribution in [-0.2, 0) is 28.8 Å². The Labute approximate surface area is 302 Å². The van der Waals surface area contributed by atoms with Crippen molar-refractivity contribution in [1.29, 1.82) is 0 Å². The lowest BCUT2D eigenvalue weighted by molar-refractivity contribution is -0.153. The Hall–Kier alpha value is -3.51. The molecule has 0 aromatic carbocycles. The molecule has 6 atom stereocenters. The monoisotopic (exact) mass is 712 g/mol. The van der Waals surface area contributed by atoms with Gasteiger partial charge in [0.25, 0.3) is 5.91 Å². The SMILES string of the molecule is CC1(C)CC(=O)N(C[C@@H](NC(=O)N[C@H]2CCCCCCCC[C@H](C(=O)C(=O)NC3CC3)NC(=O)[C@@H]3[C@@H]4[C@H](CN3C2=O)C4(C)C)C(C)(C)C)C(=O)C1.